The third-order valence-corrected chi connectivity index (χ3v) is 6.08. The highest BCUT2D eigenvalue weighted by Gasteiger charge is 2.24. The summed E-state index contributed by atoms with van der Waals surface area (Å²) in [6, 6.07) is 14.9. The first-order valence-corrected chi connectivity index (χ1v) is 11.8. The van der Waals surface area contributed by atoms with E-state index in [9.17, 15) is 18.8 Å². The lowest BCUT2D eigenvalue weighted by Gasteiger charge is -2.37. The Hall–Kier alpha value is -4.31. The minimum atomic E-state index is -0.535. The van der Waals surface area contributed by atoms with Gasteiger partial charge in [-0.05, 0) is 36.4 Å². The minimum Gasteiger partial charge on any atom is -0.380 e. The number of halogens is 1. The van der Waals surface area contributed by atoms with E-state index < -0.39 is 11.7 Å². The van der Waals surface area contributed by atoms with Crippen molar-refractivity contribution in [2.24, 2.45) is 0 Å². The van der Waals surface area contributed by atoms with Gasteiger partial charge in [0.2, 0.25) is 5.91 Å². The molecular formula is C27H28FN5O4. The van der Waals surface area contributed by atoms with E-state index in [1.807, 2.05) is 18.2 Å². The zero-order valence-corrected chi connectivity index (χ0v) is 20.4. The van der Waals surface area contributed by atoms with Gasteiger partial charge in [-0.15, -0.1) is 0 Å². The summed E-state index contributed by atoms with van der Waals surface area (Å²) in [6.07, 6.45) is 3.22. The van der Waals surface area contributed by atoms with Gasteiger partial charge in [-0.1, -0.05) is 18.2 Å². The van der Waals surface area contributed by atoms with E-state index >= 15 is 0 Å². The van der Waals surface area contributed by atoms with Crippen molar-refractivity contribution >= 4 is 29.1 Å². The molecule has 9 nitrogen and oxygen atoms in total. The quantitative estimate of drug-likeness (QED) is 0.488. The number of para-hydroxylation sites is 1. The average Bonchev–Trinajstić information content (AvgIpc) is 2.93. The van der Waals surface area contributed by atoms with Crippen LogP contribution in [0.4, 0.5) is 15.8 Å². The lowest BCUT2D eigenvalue weighted by molar-refractivity contribution is -0.130. The summed E-state index contributed by atoms with van der Waals surface area (Å²) < 4.78 is 19.0. The van der Waals surface area contributed by atoms with Crippen LogP contribution in [-0.4, -0.2) is 67.4 Å². The Morgan fingerprint density at radius 1 is 0.973 bits per heavy atom. The van der Waals surface area contributed by atoms with Gasteiger partial charge in [-0.2, -0.15) is 0 Å². The van der Waals surface area contributed by atoms with E-state index in [2.05, 4.69) is 20.5 Å². The van der Waals surface area contributed by atoms with Crippen LogP contribution in [0.5, 0.6) is 0 Å². The number of anilines is 2. The Balaban J connectivity index is 1.31. The lowest BCUT2D eigenvalue weighted by Crippen LogP contribution is -2.51. The summed E-state index contributed by atoms with van der Waals surface area (Å²) in [5, 5.41) is 5.44. The normalized spacial score (nSPS) is 13.2. The van der Waals surface area contributed by atoms with Crippen molar-refractivity contribution < 1.29 is 23.5 Å². The molecule has 37 heavy (non-hydrogen) atoms. The molecular weight excluding hydrogens is 477 g/mol. The van der Waals surface area contributed by atoms with Crippen molar-refractivity contribution in [3.63, 3.8) is 0 Å². The summed E-state index contributed by atoms with van der Waals surface area (Å²) in [7, 11) is 1.46. The van der Waals surface area contributed by atoms with Gasteiger partial charge in [0.15, 0.2) is 0 Å². The number of nitrogens with zero attached hydrogens (tertiary/aromatic N) is 3. The van der Waals surface area contributed by atoms with Crippen molar-refractivity contribution in [1.29, 1.82) is 0 Å². The molecule has 0 saturated carbocycles. The Labute approximate surface area is 214 Å². The topological polar surface area (TPSA) is 104 Å². The van der Waals surface area contributed by atoms with Crippen molar-refractivity contribution in [3.8, 4) is 0 Å². The highest BCUT2D eigenvalue weighted by molar-refractivity contribution is 6.08. The fourth-order valence-electron chi connectivity index (χ4n) is 4.10. The molecule has 1 aliphatic rings. The molecule has 2 aromatic carbocycles. The largest absolute Gasteiger partial charge is 0.380 e. The van der Waals surface area contributed by atoms with Crippen LogP contribution in [0.2, 0.25) is 0 Å². The van der Waals surface area contributed by atoms with Gasteiger partial charge in [0.1, 0.15) is 5.82 Å². The van der Waals surface area contributed by atoms with Gasteiger partial charge in [-0.3, -0.25) is 19.4 Å². The Morgan fingerprint density at radius 3 is 2.41 bits per heavy atom. The van der Waals surface area contributed by atoms with E-state index in [1.165, 1.54) is 19.2 Å². The number of pyridine rings is 1. The second-order valence-corrected chi connectivity index (χ2v) is 8.50. The van der Waals surface area contributed by atoms with Crippen LogP contribution in [-0.2, 0) is 16.1 Å². The SMILES string of the molecule is COCc1ccc(C(=O)NCC(=O)N2CCN(c3ccccc3C(=O)Nc3ccncc3)CC2)cc1F. The molecule has 3 aromatic rings. The first-order chi connectivity index (χ1) is 18.0. The number of aromatic nitrogens is 1. The molecule has 0 bridgehead atoms. The number of piperazine rings is 1. The average molecular weight is 506 g/mol. The number of amides is 3. The van der Waals surface area contributed by atoms with Gasteiger partial charge in [0.25, 0.3) is 11.8 Å². The van der Waals surface area contributed by atoms with Crippen LogP contribution in [0.3, 0.4) is 0 Å². The fourth-order valence-corrected chi connectivity index (χ4v) is 4.10. The van der Waals surface area contributed by atoms with Crippen molar-refractivity contribution in [2.75, 3.05) is 50.1 Å². The number of carbonyl (C=O) groups excluding carboxylic acids is 3. The molecule has 1 aliphatic heterocycles. The first-order valence-electron chi connectivity index (χ1n) is 11.8. The molecule has 4 rings (SSSR count). The number of hydrogen-bond acceptors (Lipinski definition) is 6. The summed E-state index contributed by atoms with van der Waals surface area (Å²) in [6.45, 7) is 1.87. The monoisotopic (exact) mass is 505 g/mol. The lowest BCUT2D eigenvalue weighted by atomic mass is 10.1. The molecule has 2 N–H and O–H groups in total. The molecule has 3 amide bonds. The standard InChI is InChI=1S/C27H28FN5O4/c1-37-18-20-7-6-19(16-23(20)28)26(35)30-17-25(34)33-14-12-32(13-15-33)24-5-3-2-4-22(24)27(36)31-21-8-10-29-11-9-21/h2-11,16H,12-15,17-18H2,1H3,(H,30,35)(H,29,31,36). The minimum absolute atomic E-state index is 0.109. The van der Waals surface area contributed by atoms with E-state index in [0.717, 1.165) is 11.8 Å². The maximum atomic E-state index is 14.1. The second kappa shape index (κ2) is 12.1. The number of carbonyl (C=O) groups is 3. The third kappa shape index (κ3) is 6.47. The molecule has 10 heteroatoms. The summed E-state index contributed by atoms with van der Waals surface area (Å²) in [5.74, 6) is -1.52. The van der Waals surface area contributed by atoms with Gasteiger partial charge in [0.05, 0.1) is 18.7 Å². The Kier molecular flexibility index (Phi) is 8.42. The van der Waals surface area contributed by atoms with Gasteiger partial charge in [-0.25, -0.2) is 4.39 Å². The maximum Gasteiger partial charge on any atom is 0.257 e. The number of methoxy groups -OCH3 is 1. The number of hydrogen-bond donors (Lipinski definition) is 2. The second-order valence-electron chi connectivity index (χ2n) is 8.50. The maximum absolute atomic E-state index is 14.1. The van der Waals surface area contributed by atoms with Crippen LogP contribution in [0.1, 0.15) is 26.3 Å². The van der Waals surface area contributed by atoms with E-state index in [1.54, 1.807) is 35.5 Å². The van der Waals surface area contributed by atoms with Crippen molar-refractivity contribution in [3.05, 3.63) is 89.5 Å². The van der Waals surface area contributed by atoms with Gasteiger partial charge in [0, 0.05) is 68.2 Å². The van der Waals surface area contributed by atoms with Crippen LogP contribution in [0.15, 0.2) is 67.0 Å². The molecule has 0 spiro atoms. The molecule has 0 unspecified atom stereocenters. The van der Waals surface area contributed by atoms with Gasteiger partial charge < -0.3 is 25.2 Å². The molecule has 0 aliphatic carbocycles. The zero-order chi connectivity index (χ0) is 26.2. The molecule has 1 saturated heterocycles. The molecule has 1 fully saturated rings. The van der Waals surface area contributed by atoms with Crippen molar-refractivity contribution in [1.82, 2.24) is 15.2 Å². The van der Waals surface area contributed by atoms with Crippen LogP contribution < -0.4 is 15.5 Å². The third-order valence-electron chi connectivity index (χ3n) is 6.08. The van der Waals surface area contributed by atoms with E-state index in [-0.39, 0.29) is 30.5 Å². The number of nitrogens with one attached hydrogen (secondary N) is 2. The summed E-state index contributed by atoms with van der Waals surface area (Å²) in [4.78, 5) is 45.7. The predicted molar refractivity (Wildman–Crippen MR) is 137 cm³/mol. The number of ether oxygens (including phenoxy) is 1. The number of benzene rings is 2. The zero-order valence-electron chi connectivity index (χ0n) is 20.4. The van der Waals surface area contributed by atoms with Crippen LogP contribution >= 0.6 is 0 Å². The van der Waals surface area contributed by atoms with Crippen LogP contribution in [0, 0.1) is 5.82 Å². The first kappa shape index (κ1) is 25.8. The summed E-state index contributed by atoms with van der Waals surface area (Å²) >= 11 is 0. The van der Waals surface area contributed by atoms with E-state index in [4.69, 9.17) is 4.74 Å². The number of rotatable bonds is 8. The molecule has 1 aromatic heterocycles. The molecule has 0 radical (unpaired) electrons. The Morgan fingerprint density at radius 2 is 1.70 bits per heavy atom. The predicted octanol–water partition coefficient (Wildman–Crippen LogP) is 2.70. The Bertz CT molecular complexity index is 1260. The summed E-state index contributed by atoms with van der Waals surface area (Å²) in [5.41, 5.74) is 2.46. The highest BCUT2D eigenvalue weighted by Crippen LogP contribution is 2.23. The highest BCUT2D eigenvalue weighted by atomic mass is 19.1. The van der Waals surface area contributed by atoms with Crippen LogP contribution in [0.25, 0.3) is 0 Å². The molecule has 2 heterocycles. The smallest absolute Gasteiger partial charge is 0.257 e. The molecule has 192 valence electrons. The van der Waals surface area contributed by atoms with Gasteiger partial charge >= 0.3 is 0 Å². The fraction of sp³-hybridized carbons (Fsp3) is 0.259. The molecule has 0 atom stereocenters. The van der Waals surface area contributed by atoms with Crippen molar-refractivity contribution in [2.45, 2.75) is 6.61 Å². The van der Waals surface area contributed by atoms with E-state index in [0.29, 0.717) is 43.0 Å².